The first-order chi connectivity index (χ1) is 25.7. The smallest absolute Gasteiger partial charge is 0.350 e. The summed E-state index contributed by atoms with van der Waals surface area (Å²) in [4.78, 5) is 37.6. The lowest BCUT2D eigenvalue weighted by atomic mass is 9.89. The first-order valence-electron chi connectivity index (χ1n) is 18.9. The Morgan fingerprint density at radius 3 is 2.51 bits per heavy atom. The summed E-state index contributed by atoms with van der Waals surface area (Å²) >= 11 is 0. The maximum absolute atomic E-state index is 14.0. The molecule has 1 amide bonds. The van der Waals surface area contributed by atoms with Gasteiger partial charge in [0.25, 0.3) is 0 Å². The number of nitrogens with zero attached hydrogens (tertiary/aromatic N) is 5. The fourth-order valence-electron chi connectivity index (χ4n) is 8.15. The standard InChI is InChI=1S/C38H50F2N10O3/c39-30-4-2-25(20-31(30)40)22-49(28-6-13-43-14-7-28)24-35(51)48-18-8-26(9-19-48)27-3-5-33-32(21-27)45-36-34(53-33)23-50(38(52)46-36)29-10-16-47(17-11-29)15-1-12-44-37(41)42/h2-5,20-21,23,26,28-29,43H,1,6-19,22,24H2,(H4,41,42,44)(H,45,46,52). The molecule has 53 heavy (non-hydrogen) atoms. The van der Waals surface area contributed by atoms with Gasteiger partial charge < -0.3 is 36.2 Å². The molecule has 0 spiro atoms. The van der Waals surface area contributed by atoms with E-state index in [1.807, 2.05) is 11.0 Å². The number of carbonyl (C=O) groups excluding carboxylic acids is 1. The summed E-state index contributed by atoms with van der Waals surface area (Å²) in [5.41, 5.74) is 7.62. The molecule has 4 aliphatic heterocycles. The number of amides is 1. The van der Waals surface area contributed by atoms with Crippen LogP contribution in [0.25, 0.3) is 0 Å². The number of hydrogen-bond acceptors (Lipinski definition) is 9. The van der Waals surface area contributed by atoms with Gasteiger partial charge >= 0.3 is 5.69 Å². The van der Waals surface area contributed by atoms with Crippen LogP contribution in [0.3, 0.4) is 0 Å². The number of carbonyl (C=O) groups is 1. The first kappa shape index (κ1) is 36.7. The predicted octanol–water partition coefficient (Wildman–Crippen LogP) is 3.84. The van der Waals surface area contributed by atoms with E-state index in [1.54, 1.807) is 16.8 Å². The van der Waals surface area contributed by atoms with Crippen molar-refractivity contribution >= 4 is 23.4 Å². The monoisotopic (exact) mass is 732 g/mol. The van der Waals surface area contributed by atoms with Gasteiger partial charge in [0, 0.05) is 51.4 Å². The molecular weight excluding hydrogens is 682 g/mol. The molecule has 15 heteroatoms. The summed E-state index contributed by atoms with van der Waals surface area (Å²) in [7, 11) is 0. The highest BCUT2D eigenvalue weighted by Crippen LogP contribution is 2.43. The lowest BCUT2D eigenvalue weighted by Gasteiger charge is -2.37. The molecule has 3 aromatic rings. The second-order valence-electron chi connectivity index (χ2n) is 14.7. The van der Waals surface area contributed by atoms with Gasteiger partial charge in [0.2, 0.25) is 5.91 Å². The van der Waals surface area contributed by atoms with Crippen LogP contribution in [0.2, 0.25) is 0 Å². The van der Waals surface area contributed by atoms with Crippen LogP contribution in [0.5, 0.6) is 11.5 Å². The van der Waals surface area contributed by atoms with Gasteiger partial charge in [0.15, 0.2) is 34.9 Å². The molecule has 4 aliphatic rings. The molecular formula is C38H50F2N10O3. The molecule has 0 bridgehead atoms. The van der Waals surface area contributed by atoms with E-state index in [2.05, 4.69) is 42.9 Å². The third-order valence-electron chi connectivity index (χ3n) is 11.2. The Labute approximate surface area is 308 Å². The minimum absolute atomic E-state index is 0.0110. The summed E-state index contributed by atoms with van der Waals surface area (Å²) in [5.74, 6) is 0.175. The van der Waals surface area contributed by atoms with Gasteiger partial charge in [-0.05, 0) is 106 Å². The molecule has 0 radical (unpaired) electrons. The molecule has 2 aromatic carbocycles. The number of nitrogens with two attached hydrogens (primary N) is 1. The van der Waals surface area contributed by atoms with Crippen molar-refractivity contribution in [3.63, 3.8) is 0 Å². The zero-order chi connectivity index (χ0) is 36.9. The van der Waals surface area contributed by atoms with Crippen LogP contribution < -0.4 is 32.1 Å². The second-order valence-corrected chi connectivity index (χ2v) is 14.7. The molecule has 13 nitrogen and oxygen atoms in total. The molecule has 1 aromatic heterocycles. The number of aromatic nitrogens is 2. The largest absolute Gasteiger partial charge is 0.450 e. The molecule has 3 saturated heterocycles. The third kappa shape index (κ3) is 8.96. The number of fused-ring (bicyclic) bond motifs is 2. The van der Waals surface area contributed by atoms with Gasteiger partial charge in [0.1, 0.15) is 0 Å². The number of likely N-dealkylation sites (tertiary alicyclic amines) is 2. The number of guanidine groups is 1. The number of rotatable bonds is 11. The molecule has 7 rings (SSSR count). The number of benzene rings is 2. The summed E-state index contributed by atoms with van der Waals surface area (Å²) in [6, 6.07) is 10.3. The third-order valence-corrected chi connectivity index (χ3v) is 11.2. The molecule has 5 heterocycles. The van der Waals surface area contributed by atoms with E-state index in [0.29, 0.717) is 49.1 Å². The van der Waals surface area contributed by atoms with Crippen molar-refractivity contribution in [3.05, 3.63) is 75.8 Å². The second kappa shape index (κ2) is 16.6. The van der Waals surface area contributed by atoms with Crippen LogP contribution in [-0.2, 0) is 11.3 Å². The van der Waals surface area contributed by atoms with Crippen LogP contribution in [0.4, 0.5) is 20.3 Å². The summed E-state index contributed by atoms with van der Waals surface area (Å²) in [5, 5.41) is 16.8. The number of nitrogens with one attached hydrogen (secondary N) is 4. The van der Waals surface area contributed by atoms with Gasteiger partial charge in [-0.15, -0.1) is 0 Å². The highest BCUT2D eigenvalue weighted by molar-refractivity contribution is 5.78. The molecule has 3 fully saturated rings. The molecule has 0 aliphatic carbocycles. The van der Waals surface area contributed by atoms with Crippen molar-refractivity contribution in [2.45, 2.75) is 69.5 Å². The van der Waals surface area contributed by atoms with E-state index >= 15 is 0 Å². The Balaban J connectivity index is 0.930. The maximum Gasteiger partial charge on any atom is 0.350 e. The van der Waals surface area contributed by atoms with E-state index in [1.165, 1.54) is 6.07 Å². The normalized spacial score (nSPS) is 18.6. The highest BCUT2D eigenvalue weighted by Gasteiger charge is 2.30. The summed E-state index contributed by atoms with van der Waals surface area (Å²) in [6.07, 6.45) is 7.78. The molecule has 0 atom stereocenters. The fourth-order valence-corrected chi connectivity index (χ4v) is 8.15. The van der Waals surface area contributed by atoms with Gasteiger partial charge in [-0.2, -0.15) is 4.98 Å². The van der Waals surface area contributed by atoms with Crippen LogP contribution in [0, 0.1) is 17.0 Å². The Morgan fingerprint density at radius 2 is 1.77 bits per heavy atom. The van der Waals surface area contributed by atoms with Gasteiger partial charge in [-0.1, -0.05) is 12.1 Å². The Morgan fingerprint density at radius 1 is 1.00 bits per heavy atom. The lowest BCUT2D eigenvalue weighted by molar-refractivity contribution is -0.134. The van der Waals surface area contributed by atoms with E-state index in [9.17, 15) is 18.4 Å². The quantitative estimate of drug-likeness (QED) is 0.0873. The van der Waals surface area contributed by atoms with Crippen molar-refractivity contribution in [2.24, 2.45) is 5.73 Å². The number of anilines is 2. The zero-order valence-electron chi connectivity index (χ0n) is 30.1. The lowest BCUT2D eigenvalue weighted by Crippen LogP contribution is -2.49. The predicted molar refractivity (Wildman–Crippen MR) is 199 cm³/mol. The number of halogens is 2. The minimum Gasteiger partial charge on any atom is -0.450 e. The van der Waals surface area contributed by atoms with Crippen LogP contribution in [0.15, 0.2) is 47.4 Å². The van der Waals surface area contributed by atoms with E-state index in [0.717, 1.165) is 95.0 Å². The average molecular weight is 733 g/mol. The van der Waals surface area contributed by atoms with E-state index in [4.69, 9.17) is 15.9 Å². The SMILES string of the molecule is N=C(N)NCCCN1CCC(n2cc3c(nc2=O)Nc2cc(C4CCN(C(=O)CN(Cc5ccc(F)c(F)c5)C5CCNCC5)CC4)ccc2O3)CC1. The van der Waals surface area contributed by atoms with Crippen LogP contribution >= 0.6 is 0 Å². The van der Waals surface area contributed by atoms with E-state index < -0.39 is 11.6 Å². The molecule has 0 unspecified atom stereocenters. The van der Waals surface area contributed by atoms with Gasteiger partial charge in [0.05, 0.1) is 18.4 Å². The van der Waals surface area contributed by atoms with Crippen LogP contribution in [0.1, 0.15) is 68.0 Å². The van der Waals surface area contributed by atoms with Gasteiger partial charge in [-0.3, -0.25) is 19.7 Å². The van der Waals surface area contributed by atoms with Crippen molar-refractivity contribution < 1.29 is 18.3 Å². The van der Waals surface area contributed by atoms with Crippen molar-refractivity contribution in [3.8, 4) is 11.5 Å². The zero-order valence-corrected chi connectivity index (χ0v) is 30.1. The van der Waals surface area contributed by atoms with Crippen LogP contribution in [-0.4, -0.2) is 101 Å². The first-order valence-corrected chi connectivity index (χ1v) is 18.9. The average Bonchev–Trinajstić information content (AvgIpc) is 3.17. The molecule has 0 saturated carbocycles. The van der Waals surface area contributed by atoms with Crippen molar-refractivity contribution in [1.82, 2.24) is 34.9 Å². The van der Waals surface area contributed by atoms with Crippen molar-refractivity contribution in [2.75, 3.05) is 64.2 Å². The highest BCUT2D eigenvalue weighted by atomic mass is 19.2. The fraction of sp³-hybridized carbons (Fsp3) is 0.526. The molecule has 284 valence electrons. The Bertz CT molecular complexity index is 1840. The minimum atomic E-state index is -0.870. The Kier molecular flexibility index (Phi) is 11.5. The van der Waals surface area contributed by atoms with E-state index in [-0.39, 0.29) is 42.1 Å². The number of hydrogen-bond donors (Lipinski definition) is 5. The number of piperidine rings is 3. The Hall–Kier alpha value is -4.60. The maximum atomic E-state index is 14.0. The number of ether oxygens (including phenoxy) is 1. The van der Waals surface area contributed by atoms with Crippen molar-refractivity contribution in [1.29, 1.82) is 5.41 Å². The summed E-state index contributed by atoms with van der Waals surface area (Å²) < 4.78 is 35.6. The summed E-state index contributed by atoms with van der Waals surface area (Å²) in [6.45, 7) is 6.96. The molecule has 6 N–H and O–H groups in total. The van der Waals surface area contributed by atoms with Gasteiger partial charge in [-0.25, -0.2) is 13.6 Å². The topological polar surface area (TPSA) is 157 Å².